The zero-order valence-corrected chi connectivity index (χ0v) is 20.3. The number of thioether (sulfide) groups is 1. The van der Waals surface area contributed by atoms with E-state index in [1.807, 2.05) is 35.8 Å². The third-order valence-corrected chi connectivity index (χ3v) is 5.89. The summed E-state index contributed by atoms with van der Waals surface area (Å²) in [7, 11) is 3.13. The second-order valence-corrected chi connectivity index (χ2v) is 8.12. The Hall–Kier alpha value is -3.20. The zero-order chi connectivity index (χ0) is 23.6. The Kier molecular flexibility index (Phi) is 9.00. The Bertz CT molecular complexity index is 1050. The minimum Gasteiger partial charge on any atom is -0.497 e. The van der Waals surface area contributed by atoms with Gasteiger partial charge in [0.15, 0.2) is 11.0 Å². The van der Waals surface area contributed by atoms with Gasteiger partial charge >= 0.3 is 0 Å². The van der Waals surface area contributed by atoms with Crippen LogP contribution in [0.15, 0.2) is 47.6 Å². The molecule has 2 aromatic carbocycles. The summed E-state index contributed by atoms with van der Waals surface area (Å²) in [5, 5.41) is 12.2. The maximum absolute atomic E-state index is 12.6. The molecule has 0 saturated heterocycles. The molecular weight excluding hydrogens is 440 g/mol. The molecule has 0 aliphatic rings. The van der Waals surface area contributed by atoms with Crippen LogP contribution < -0.4 is 19.5 Å². The van der Waals surface area contributed by atoms with Crippen LogP contribution in [0, 0.1) is 0 Å². The fourth-order valence-corrected chi connectivity index (χ4v) is 3.96. The third-order valence-electron chi connectivity index (χ3n) is 4.93. The summed E-state index contributed by atoms with van der Waals surface area (Å²) in [4.78, 5) is 12.6. The number of nitrogens with zero attached hydrogens (tertiary/aromatic N) is 3. The molecule has 3 rings (SSSR count). The molecule has 9 heteroatoms. The van der Waals surface area contributed by atoms with Gasteiger partial charge in [0.1, 0.15) is 17.2 Å². The molecule has 176 valence electrons. The number of hydrogen-bond acceptors (Lipinski definition) is 7. The van der Waals surface area contributed by atoms with E-state index in [0.717, 1.165) is 30.0 Å². The second kappa shape index (κ2) is 12.2. The first kappa shape index (κ1) is 24.4. The van der Waals surface area contributed by atoms with Gasteiger partial charge in [-0.25, -0.2) is 0 Å². The number of hydrogen-bond donors (Lipinski definition) is 1. The Balaban J connectivity index is 1.65. The SMILES string of the molecule is CCCCOc1ccc(-c2nnc(SCC(=O)Nc3cc(OC)ccc3OC)n2CC)cc1. The molecule has 3 aromatic rings. The Morgan fingerprint density at radius 3 is 2.45 bits per heavy atom. The normalized spacial score (nSPS) is 10.7. The zero-order valence-electron chi connectivity index (χ0n) is 19.5. The van der Waals surface area contributed by atoms with Crippen LogP contribution in [0.1, 0.15) is 26.7 Å². The van der Waals surface area contributed by atoms with Crippen LogP contribution in [0.3, 0.4) is 0 Å². The molecular formula is C24H30N4O4S. The molecule has 1 N–H and O–H groups in total. The van der Waals surface area contributed by atoms with E-state index in [1.54, 1.807) is 32.4 Å². The molecule has 0 bridgehead atoms. The summed E-state index contributed by atoms with van der Waals surface area (Å²) < 4.78 is 18.3. The van der Waals surface area contributed by atoms with Crippen molar-refractivity contribution in [3.05, 3.63) is 42.5 Å². The predicted molar refractivity (Wildman–Crippen MR) is 130 cm³/mol. The molecule has 0 saturated carbocycles. The lowest BCUT2D eigenvalue weighted by Crippen LogP contribution is -2.15. The molecule has 0 radical (unpaired) electrons. The molecule has 0 spiro atoms. The van der Waals surface area contributed by atoms with Gasteiger partial charge in [-0.05, 0) is 49.7 Å². The number of carbonyl (C=O) groups is 1. The topological polar surface area (TPSA) is 87.5 Å². The van der Waals surface area contributed by atoms with Gasteiger partial charge in [0.2, 0.25) is 5.91 Å². The molecule has 0 fully saturated rings. The van der Waals surface area contributed by atoms with E-state index in [-0.39, 0.29) is 11.7 Å². The van der Waals surface area contributed by atoms with Gasteiger partial charge in [-0.3, -0.25) is 4.79 Å². The molecule has 0 atom stereocenters. The number of nitrogens with one attached hydrogen (secondary N) is 1. The molecule has 0 aliphatic carbocycles. The quantitative estimate of drug-likeness (QED) is 0.298. The number of benzene rings is 2. The molecule has 8 nitrogen and oxygen atoms in total. The monoisotopic (exact) mass is 470 g/mol. The van der Waals surface area contributed by atoms with Crippen LogP contribution in [0.2, 0.25) is 0 Å². The highest BCUT2D eigenvalue weighted by Gasteiger charge is 2.16. The van der Waals surface area contributed by atoms with Gasteiger partial charge in [0, 0.05) is 18.2 Å². The highest BCUT2D eigenvalue weighted by atomic mass is 32.2. The summed E-state index contributed by atoms with van der Waals surface area (Å²) in [6.07, 6.45) is 2.13. The lowest BCUT2D eigenvalue weighted by molar-refractivity contribution is -0.113. The largest absolute Gasteiger partial charge is 0.497 e. The van der Waals surface area contributed by atoms with Crippen molar-refractivity contribution in [2.24, 2.45) is 0 Å². The van der Waals surface area contributed by atoms with E-state index in [9.17, 15) is 4.79 Å². The lowest BCUT2D eigenvalue weighted by Gasteiger charge is -2.12. The van der Waals surface area contributed by atoms with Crippen LogP contribution in [-0.4, -0.2) is 47.3 Å². The number of methoxy groups -OCH3 is 2. The number of aromatic nitrogens is 3. The van der Waals surface area contributed by atoms with Crippen molar-refractivity contribution < 1.29 is 19.0 Å². The van der Waals surface area contributed by atoms with Gasteiger partial charge in [-0.2, -0.15) is 0 Å². The van der Waals surface area contributed by atoms with Crippen molar-refractivity contribution in [1.82, 2.24) is 14.8 Å². The van der Waals surface area contributed by atoms with Crippen LogP contribution >= 0.6 is 11.8 Å². The lowest BCUT2D eigenvalue weighted by atomic mass is 10.2. The summed E-state index contributed by atoms with van der Waals surface area (Å²) >= 11 is 1.34. The third kappa shape index (κ3) is 6.41. The Labute approximate surface area is 198 Å². The summed E-state index contributed by atoms with van der Waals surface area (Å²) in [5.41, 5.74) is 1.51. The van der Waals surface area contributed by atoms with Crippen LogP contribution in [0.25, 0.3) is 11.4 Å². The Morgan fingerprint density at radius 2 is 1.79 bits per heavy atom. The number of carbonyl (C=O) groups excluding carboxylic acids is 1. The van der Waals surface area contributed by atoms with E-state index in [0.29, 0.717) is 35.5 Å². The molecule has 0 aliphatic heterocycles. The number of anilines is 1. The van der Waals surface area contributed by atoms with Gasteiger partial charge < -0.3 is 24.1 Å². The van der Waals surface area contributed by atoms with Crippen LogP contribution in [0.5, 0.6) is 17.2 Å². The van der Waals surface area contributed by atoms with Gasteiger partial charge in [0.25, 0.3) is 0 Å². The molecule has 1 aromatic heterocycles. The summed E-state index contributed by atoms with van der Waals surface area (Å²) in [5.74, 6) is 2.81. The van der Waals surface area contributed by atoms with Gasteiger partial charge in [-0.15, -0.1) is 10.2 Å². The molecule has 0 unspecified atom stereocenters. The summed E-state index contributed by atoms with van der Waals surface area (Å²) in [6.45, 7) is 5.56. The number of amides is 1. The van der Waals surface area contributed by atoms with Crippen molar-refractivity contribution in [1.29, 1.82) is 0 Å². The van der Waals surface area contributed by atoms with Crippen molar-refractivity contribution in [2.75, 3.05) is 31.9 Å². The standard InChI is InChI=1S/C24H30N4O4S/c1-5-7-14-32-18-10-8-17(9-11-18)23-26-27-24(28(23)6-2)33-16-22(29)25-20-15-19(30-3)12-13-21(20)31-4/h8-13,15H,5-7,14,16H2,1-4H3,(H,25,29). The summed E-state index contributed by atoms with van der Waals surface area (Å²) in [6, 6.07) is 13.1. The highest BCUT2D eigenvalue weighted by molar-refractivity contribution is 7.99. The highest BCUT2D eigenvalue weighted by Crippen LogP contribution is 2.30. The van der Waals surface area contributed by atoms with Gasteiger partial charge in [0.05, 0.1) is 32.3 Å². The van der Waals surface area contributed by atoms with E-state index in [2.05, 4.69) is 22.4 Å². The first-order valence-electron chi connectivity index (χ1n) is 10.9. The van der Waals surface area contributed by atoms with E-state index < -0.39 is 0 Å². The number of ether oxygens (including phenoxy) is 3. The fraction of sp³-hybridized carbons (Fsp3) is 0.375. The molecule has 33 heavy (non-hydrogen) atoms. The smallest absolute Gasteiger partial charge is 0.234 e. The predicted octanol–water partition coefficient (Wildman–Crippen LogP) is 4.89. The van der Waals surface area contributed by atoms with E-state index in [4.69, 9.17) is 14.2 Å². The maximum atomic E-state index is 12.6. The minimum atomic E-state index is -0.174. The first-order chi connectivity index (χ1) is 16.1. The maximum Gasteiger partial charge on any atom is 0.234 e. The minimum absolute atomic E-state index is 0.174. The van der Waals surface area contributed by atoms with Crippen LogP contribution in [-0.2, 0) is 11.3 Å². The van der Waals surface area contributed by atoms with Crippen molar-refractivity contribution in [2.45, 2.75) is 38.4 Å². The van der Waals surface area contributed by atoms with Crippen LogP contribution in [0.4, 0.5) is 5.69 Å². The van der Waals surface area contributed by atoms with E-state index in [1.165, 1.54) is 11.8 Å². The van der Waals surface area contributed by atoms with Crippen molar-refractivity contribution >= 4 is 23.4 Å². The number of rotatable bonds is 12. The molecule has 1 heterocycles. The van der Waals surface area contributed by atoms with E-state index >= 15 is 0 Å². The van der Waals surface area contributed by atoms with Crippen molar-refractivity contribution in [3.63, 3.8) is 0 Å². The molecule has 1 amide bonds. The first-order valence-corrected chi connectivity index (χ1v) is 11.9. The van der Waals surface area contributed by atoms with Crippen molar-refractivity contribution in [3.8, 4) is 28.6 Å². The average molecular weight is 471 g/mol. The fourth-order valence-electron chi connectivity index (χ4n) is 3.16. The van der Waals surface area contributed by atoms with Gasteiger partial charge in [-0.1, -0.05) is 25.1 Å². The second-order valence-electron chi connectivity index (χ2n) is 7.18. The number of unbranched alkanes of at least 4 members (excludes halogenated alkanes) is 1. The average Bonchev–Trinajstić information content (AvgIpc) is 3.26. The Morgan fingerprint density at radius 1 is 1.03 bits per heavy atom.